The molecule has 0 spiro atoms. The number of anilines is 1. The highest BCUT2D eigenvalue weighted by atomic mass is 16.5. The van der Waals surface area contributed by atoms with Crippen LogP contribution in [0.3, 0.4) is 0 Å². The molecule has 1 amide bonds. The van der Waals surface area contributed by atoms with E-state index >= 15 is 0 Å². The van der Waals surface area contributed by atoms with E-state index < -0.39 is 12.1 Å². The highest BCUT2D eigenvalue weighted by Gasteiger charge is 2.20. The maximum Gasteiger partial charge on any atom is 0.306 e. The molecule has 0 radical (unpaired) electrons. The average molecular weight is 427 g/mol. The number of Topliss-reactive ketones (excluding diaryl/α,β-unsaturated/α-hetero) is 1. The molecular formula is C24H29NO6. The third-order valence-electron chi connectivity index (χ3n) is 4.67. The van der Waals surface area contributed by atoms with Crippen LogP contribution in [-0.2, 0) is 20.7 Å². The van der Waals surface area contributed by atoms with Gasteiger partial charge in [0.05, 0.1) is 14.2 Å². The van der Waals surface area contributed by atoms with Gasteiger partial charge in [0.15, 0.2) is 6.10 Å². The fraction of sp³-hybridized carbons (Fsp3) is 0.375. The van der Waals surface area contributed by atoms with E-state index in [1.54, 1.807) is 65.3 Å². The average Bonchev–Trinajstić information content (AvgIpc) is 2.77. The Kier molecular flexibility index (Phi) is 8.61. The first-order valence-electron chi connectivity index (χ1n) is 10.1. The fourth-order valence-electron chi connectivity index (χ4n) is 2.81. The molecule has 0 saturated carbocycles. The molecule has 0 heterocycles. The second-order valence-corrected chi connectivity index (χ2v) is 7.44. The van der Waals surface area contributed by atoms with Crippen LogP contribution in [0, 0.1) is 5.92 Å². The quantitative estimate of drug-likeness (QED) is 0.454. The van der Waals surface area contributed by atoms with Crippen LogP contribution in [0.5, 0.6) is 11.5 Å². The minimum atomic E-state index is -0.913. The molecule has 0 aromatic heterocycles. The molecule has 0 aliphatic carbocycles. The lowest BCUT2D eigenvalue weighted by molar-refractivity contribution is -0.146. The predicted octanol–water partition coefficient (Wildman–Crippen LogP) is 4.05. The van der Waals surface area contributed by atoms with Gasteiger partial charge in [0, 0.05) is 29.7 Å². The van der Waals surface area contributed by atoms with Crippen molar-refractivity contribution < 1.29 is 28.6 Å². The second kappa shape index (κ2) is 11.2. The van der Waals surface area contributed by atoms with Crippen molar-refractivity contribution in [3.8, 4) is 11.5 Å². The third-order valence-corrected chi connectivity index (χ3v) is 4.67. The van der Waals surface area contributed by atoms with Crippen molar-refractivity contribution in [3.63, 3.8) is 0 Å². The number of methoxy groups -OCH3 is 2. The van der Waals surface area contributed by atoms with Gasteiger partial charge < -0.3 is 19.5 Å². The number of carbonyl (C=O) groups excluding carboxylic acids is 3. The van der Waals surface area contributed by atoms with Gasteiger partial charge in [-0.2, -0.15) is 0 Å². The normalized spacial score (nSPS) is 11.5. The first kappa shape index (κ1) is 23.9. The smallest absolute Gasteiger partial charge is 0.306 e. The third kappa shape index (κ3) is 7.13. The van der Waals surface area contributed by atoms with Gasteiger partial charge in [-0.3, -0.25) is 14.4 Å². The van der Waals surface area contributed by atoms with E-state index in [1.165, 1.54) is 0 Å². The molecule has 31 heavy (non-hydrogen) atoms. The number of hydrogen-bond donors (Lipinski definition) is 1. The van der Waals surface area contributed by atoms with Gasteiger partial charge in [-0.15, -0.1) is 0 Å². The van der Waals surface area contributed by atoms with Crippen molar-refractivity contribution in [2.75, 3.05) is 19.5 Å². The zero-order valence-corrected chi connectivity index (χ0v) is 18.6. The summed E-state index contributed by atoms with van der Waals surface area (Å²) in [4.78, 5) is 36.5. The number of nitrogens with one attached hydrogen (secondary N) is 1. The van der Waals surface area contributed by atoms with Crippen molar-refractivity contribution >= 4 is 23.3 Å². The molecule has 1 N–H and O–H groups in total. The van der Waals surface area contributed by atoms with Crippen LogP contribution < -0.4 is 14.8 Å². The Hall–Kier alpha value is -3.35. The Morgan fingerprint density at radius 3 is 2.00 bits per heavy atom. The number of aryl methyl sites for hydroxylation is 1. The molecule has 7 heteroatoms. The molecule has 0 bridgehead atoms. The minimum absolute atomic E-state index is 0.102. The van der Waals surface area contributed by atoms with Gasteiger partial charge in [-0.1, -0.05) is 13.8 Å². The van der Waals surface area contributed by atoms with Crippen LogP contribution in [-0.4, -0.2) is 38.0 Å². The number of hydrogen-bond acceptors (Lipinski definition) is 6. The lowest BCUT2D eigenvalue weighted by Gasteiger charge is -2.13. The maximum absolute atomic E-state index is 12.6. The van der Waals surface area contributed by atoms with Gasteiger partial charge in [0.1, 0.15) is 11.5 Å². The van der Waals surface area contributed by atoms with Crippen LogP contribution >= 0.6 is 0 Å². The largest absolute Gasteiger partial charge is 0.497 e. The summed E-state index contributed by atoms with van der Waals surface area (Å²) in [6.45, 7) is 5.14. The number of benzene rings is 2. The standard InChI is InChI=1S/C24H29NO6/c1-15(2)24(28)25-19-9-7-18(8-10-19)23(27)16(3)31-22(26)11-6-17-12-20(29-4)14-21(13-17)30-5/h7-10,12-16H,6,11H2,1-5H3,(H,25,28)/t16-/m1/s1. The molecular weight excluding hydrogens is 398 g/mol. The van der Waals surface area contributed by atoms with Crippen molar-refractivity contribution in [2.24, 2.45) is 5.92 Å². The summed E-state index contributed by atoms with van der Waals surface area (Å²) < 4.78 is 15.8. The van der Waals surface area contributed by atoms with Gasteiger partial charge in [0.2, 0.25) is 11.7 Å². The Bertz CT molecular complexity index is 898. The molecule has 1 atom stereocenters. The molecule has 7 nitrogen and oxygen atoms in total. The molecule has 2 aromatic carbocycles. The highest BCUT2D eigenvalue weighted by Crippen LogP contribution is 2.23. The van der Waals surface area contributed by atoms with Gasteiger partial charge in [-0.25, -0.2) is 0 Å². The summed E-state index contributed by atoms with van der Waals surface area (Å²) >= 11 is 0. The zero-order chi connectivity index (χ0) is 23.0. The molecule has 2 rings (SSSR count). The van der Waals surface area contributed by atoms with E-state index in [0.717, 1.165) is 5.56 Å². The number of ether oxygens (including phenoxy) is 3. The maximum atomic E-state index is 12.6. The first-order valence-corrected chi connectivity index (χ1v) is 10.1. The molecule has 0 aliphatic heterocycles. The first-order chi connectivity index (χ1) is 14.7. The Morgan fingerprint density at radius 2 is 1.48 bits per heavy atom. The Balaban J connectivity index is 1.91. The molecule has 0 unspecified atom stereocenters. The van der Waals surface area contributed by atoms with Gasteiger partial charge in [0.25, 0.3) is 0 Å². The molecule has 0 fully saturated rings. The summed E-state index contributed by atoms with van der Waals surface area (Å²) in [5.41, 5.74) is 1.88. The molecule has 2 aromatic rings. The SMILES string of the molecule is COc1cc(CCC(=O)O[C@H](C)C(=O)c2ccc(NC(=O)C(C)C)cc2)cc(OC)c1. The van der Waals surface area contributed by atoms with Crippen LogP contribution in [0.25, 0.3) is 0 Å². The van der Waals surface area contributed by atoms with Crippen molar-refractivity contribution in [3.05, 3.63) is 53.6 Å². The number of esters is 1. The van der Waals surface area contributed by atoms with Crippen LogP contribution in [0.1, 0.15) is 43.1 Å². The zero-order valence-electron chi connectivity index (χ0n) is 18.6. The number of rotatable bonds is 10. The molecule has 0 saturated heterocycles. The summed E-state index contributed by atoms with van der Waals surface area (Å²) in [5, 5.41) is 2.76. The van der Waals surface area contributed by atoms with E-state index in [2.05, 4.69) is 5.32 Å². The van der Waals surface area contributed by atoms with Gasteiger partial charge in [-0.05, 0) is 55.3 Å². The Labute approximate surface area is 182 Å². The predicted molar refractivity (Wildman–Crippen MR) is 118 cm³/mol. The summed E-state index contributed by atoms with van der Waals surface area (Å²) in [7, 11) is 3.12. The van der Waals surface area contributed by atoms with E-state index in [9.17, 15) is 14.4 Å². The number of amides is 1. The van der Waals surface area contributed by atoms with E-state index in [1.807, 2.05) is 12.1 Å². The topological polar surface area (TPSA) is 90.9 Å². The van der Waals surface area contributed by atoms with Crippen molar-refractivity contribution in [1.29, 1.82) is 0 Å². The summed E-state index contributed by atoms with van der Waals surface area (Å²) in [5.74, 6) is 0.258. The van der Waals surface area contributed by atoms with Gasteiger partial charge >= 0.3 is 5.97 Å². The summed E-state index contributed by atoms with van der Waals surface area (Å²) in [6.07, 6.45) is -0.366. The monoisotopic (exact) mass is 427 g/mol. The minimum Gasteiger partial charge on any atom is -0.497 e. The van der Waals surface area contributed by atoms with Crippen LogP contribution in [0.4, 0.5) is 5.69 Å². The lowest BCUT2D eigenvalue weighted by Crippen LogP contribution is -2.24. The van der Waals surface area contributed by atoms with Crippen LogP contribution in [0.2, 0.25) is 0 Å². The summed E-state index contributed by atoms with van der Waals surface area (Å²) in [6, 6.07) is 11.9. The van der Waals surface area contributed by atoms with E-state index in [4.69, 9.17) is 14.2 Å². The lowest BCUT2D eigenvalue weighted by atomic mass is 10.1. The molecule has 166 valence electrons. The Morgan fingerprint density at radius 1 is 0.903 bits per heavy atom. The number of ketones is 1. The second-order valence-electron chi connectivity index (χ2n) is 7.44. The molecule has 0 aliphatic rings. The van der Waals surface area contributed by atoms with Crippen molar-refractivity contribution in [1.82, 2.24) is 0 Å². The van der Waals surface area contributed by atoms with Crippen LogP contribution in [0.15, 0.2) is 42.5 Å². The fourth-order valence-corrected chi connectivity index (χ4v) is 2.81. The van der Waals surface area contributed by atoms with E-state index in [-0.39, 0.29) is 24.0 Å². The number of carbonyl (C=O) groups is 3. The van der Waals surface area contributed by atoms with E-state index in [0.29, 0.717) is 29.2 Å². The van der Waals surface area contributed by atoms with Crippen molar-refractivity contribution in [2.45, 2.75) is 39.7 Å². The highest BCUT2D eigenvalue weighted by molar-refractivity contribution is 6.01.